The summed E-state index contributed by atoms with van der Waals surface area (Å²) >= 11 is 3.25. The number of hydrogen-bond acceptors (Lipinski definition) is 4. The fourth-order valence-corrected chi connectivity index (χ4v) is 5.24. The molecular formula is C17H19N3OS2. The molecule has 3 aromatic rings. The summed E-state index contributed by atoms with van der Waals surface area (Å²) in [6.07, 6.45) is 4.18. The maximum atomic E-state index is 12.7. The lowest BCUT2D eigenvalue weighted by atomic mass is 9.79. The Morgan fingerprint density at radius 3 is 3.00 bits per heavy atom. The Morgan fingerprint density at radius 1 is 1.35 bits per heavy atom. The summed E-state index contributed by atoms with van der Waals surface area (Å²) < 4.78 is 2.16. The smallest absolute Gasteiger partial charge is 0.263 e. The maximum absolute atomic E-state index is 12.7. The molecular weight excluding hydrogens is 326 g/mol. The summed E-state index contributed by atoms with van der Waals surface area (Å²) in [4.78, 5) is 21.6. The molecule has 1 amide bonds. The molecule has 0 spiro atoms. The molecule has 1 saturated heterocycles. The number of likely N-dealkylation sites (tertiary alicyclic amines) is 1. The van der Waals surface area contributed by atoms with E-state index in [1.54, 1.807) is 11.3 Å². The minimum absolute atomic E-state index is 0.0739. The summed E-state index contributed by atoms with van der Waals surface area (Å²) in [5, 5.41) is 4.07. The van der Waals surface area contributed by atoms with Crippen molar-refractivity contribution in [2.24, 2.45) is 0 Å². The molecule has 4 heterocycles. The third-order valence-corrected chi connectivity index (χ3v) is 6.45. The van der Waals surface area contributed by atoms with Gasteiger partial charge in [-0.15, -0.1) is 22.7 Å². The SMILES string of the molecule is Cc1nc([C@]2(C)CCCN(C(=O)c3cccs3)C2)c2sccn12. The maximum Gasteiger partial charge on any atom is 0.263 e. The Morgan fingerprint density at radius 2 is 2.22 bits per heavy atom. The lowest BCUT2D eigenvalue weighted by Gasteiger charge is -2.39. The van der Waals surface area contributed by atoms with E-state index >= 15 is 0 Å². The van der Waals surface area contributed by atoms with E-state index in [0.717, 1.165) is 42.3 Å². The zero-order valence-corrected chi connectivity index (χ0v) is 14.9. The van der Waals surface area contributed by atoms with Crippen molar-refractivity contribution in [1.29, 1.82) is 0 Å². The predicted octanol–water partition coefficient (Wildman–Crippen LogP) is 3.96. The van der Waals surface area contributed by atoms with Crippen LogP contribution in [0.4, 0.5) is 0 Å². The highest BCUT2D eigenvalue weighted by molar-refractivity contribution is 7.15. The molecule has 0 N–H and O–H groups in total. The van der Waals surface area contributed by atoms with Crippen LogP contribution >= 0.6 is 22.7 Å². The second-order valence-electron chi connectivity index (χ2n) is 6.45. The van der Waals surface area contributed by atoms with Gasteiger partial charge in [-0.1, -0.05) is 13.0 Å². The molecule has 1 aliphatic heterocycles. The number of thiazole rings is 1. The number of aromatic nitrogens is 2. The number of amides is 1. The van der Waals surface area contributed by atoms with Gasteiger partial charge in [-0.25, -0.2) is 4.98 Å². The van der Waals surface area contributed by atoms with Crippen molar-refractivity contribution >= 4 is 33.4 Å². The van der Waals surface area contributed by atoms with Crippen LogP contribution in [0.2, 0.25) is 0 Å². The highest BCUT2D eigenvalue weighted by Crippen LogP contribution is 2.37. The van der Waals surface area contributed by atoms with Crippen molar-refractivity contribution in [3.63, 3.8) is 0 Å². The fourth-order valence-electron chi connectivity index (χ4n) is 3.52. The van der Waals surface area contributed by atoms with Crippen LogP contribution in [0.25, 0.3) is 4.83 Å². The van der Waals surface area contributed by atoms with E-state index in [2.05, 4.69) is 22.9 Å². The molecule has 4 rings (SSSR count). The predicted molar refractivity (Wildman–Crippen MR) is 94.6 cm³/mol. The lowest BCUT2D eigenvalue weighted by molar-refractivity contribution is 0.0654. The standard InChI is InChI=1S/C17H19N3OS2/c1-12-18-14(16-20(12)8-10-23-16)17(2)6-4-7-19(11-17)15(21)13-5-3-9-22-13/h3,5,8-10H,4,6-7,11H2,1-2H3/t17-/m1/s1. The Bertz CT molecular complexity index is 849. The van der Waals surface area contributed by atoms with Crippen LogP contribution in [0.3, 0.4) is 0 Å². The summed E-state index contributed by atoms with van der Waals surface area (Å²) in [6, 6.07) is 3.85. The van der Waals surface area contributed by atoms with E-state index < -0.39 is 0 Å². The fraction of sp³-hybridized carbons (Fsp3) is 0.412. The van der Waals surface area contributed by atoms with Crippen LogP contribution < -0.4 is 0 Å². The topological polar surface area (TPSA) is 37.6 Å². The first kappa shape index (κ1) is 14.9. The van der Waals surface area contributed by atoms with Gasteiger partial charge in [0.15, 0.2) is 0 Å². The molecule has 0 unspecified atom stereocenters. The number of rotatable bonds is 2. The second-order valence-corrected chi connectivity index (χ2v) is 8.30. The van der Waals surface area contributed by atoms with E-state index in [9.17, 15) is 4.79 Å². The molecule has 1 atom stereocenters. The van der Waals surface area contributed by atoms with Gasteiger partial charge in [0.05, 0.1) is 10.6 Å². The van der Waals surface area contributed by atoms with Crippen molar-refractivity contribution in [3.8, 4) is 0 Å². The van der Waals surface area contributed by atoms with E-state index in [1.165, 1.54) is 16.2 Å². The van der Waals surface area contributed by atoms with Gasteiger partial charge in [-0.3, -0.25) is 9.20 Å². The van der Waals surface area contributed by atoms with Crippen molar-refractivity contribution in [1.82, 2.24) is 14.3 Å². The number of thiophene rings is 1. The monoisotopic (exact) mass is 345 g/mol. The minimum atomic E-state index is -0.0739. The highest BCUT2D eigenvalue weighted by Gasteiger charge is 2.38. The van der Waals surface area contributed by atoms with Gasteiger partial charge in [0, 0.05) is 30.1 Å². The van der Waals surface area contributed by atoms with Gasteiger partial charge >= 0.3 is 0 Å². The van der Waals surface area contributed by atoms with Crippen LogP contribution in [-0.2, 0) is 5.41 Å². The first-order valence-electron chi connectivity index (χ1n) is 7.84. The van der Waals surface area contributed by atoms with Crippen LogP contribution in [0, 0.1) is 6.92 Å². The van der Waals surface area contributed by atoms with E-state index in [0.29, 0.717) is 0 Å². The number of hydrogen-bond donors (Lipinski definition) is 0. The van der Waals surface area contributed by atoms with E-state index in [4.69, 9.17) is 4.98 Å². The molecule has 0 aliphatic carbocycles. The van der Waals surface area contributed by atoms with Crippen molar-refractivity contribution in [2.45, 2.75) is 32.1 Å². The number of fused-ring (bicyclic) bond motifs is 1. The van der Waals surface area contributed by atoms with Crippen LogP contribution in [0.15, 0.2) is 29.1 Å². The Hall–Kier alpha value is -1.66. The number of carbonyl (C=O) groups is 1. The van der Waals surface area contributed by atoms with Gasteiger partial charge in [-0.05, 0) is 31.2 Å². The average Bonchev–Trinajstić information content (AvgIpc) is 3.25. The Labute approximate surface area is 143 Å². The molecule has 23 heavy (non-hydrogen) atoms. The quantitative estimate of drug-likeness (QED) is 0.705. The minimum Gasteiger partial charge on any atom is -0.337 e. The lowest BCUT2D eigenvalue weighted by Crippen LogP contribution is -2.47. The molecule has 120 valence electrons. The normalized spacial score (nSPS) is 21.9. The molecule has 0 aromatic carbocycles. The number of piperidine rings is 1. The molecule has 1 aliphatic rings. The second kappa shape index (κ2) is 5.46. The largest absolute Gasteiger partial charge is 0.337 e. The molecule has 1 fully saturated rings. The molecule has 0 radical (unpaired) electrons. The third kappa shape index (κ3) is 2.40. The zero-order valence-electron chi connectivity index (χ0n) is 13.3. The zero-order chi connectivity index (χ0) is 16.0. The van der Waals surface area contributed by atoms with Gasteiger partial charge in [-0.2, -0.15) is 0 Å². The average molecular weight is 345 g/mol. The summed E-state index contributed by atoms with van der Waals surface area (Å²) in [6.45, 7) is 5.88. The van der Waals surface area contributed by atoms with Gasteiger partial charge in [0.1, 0.15) is 10.7 Å². The first-order chi connectivity index (χ1) is 11.1. The van der Waals surface area contributed by atoms with Crippen LogP contribution in [0.1, 0.15) is 41.0 Å². The summed E-state index contributed by atoms with van der Waals surface area (Å²) in [7, 11) is 0. The van der Waals surface area contributed by atoms with Crippen LogP contribution in [0.5, 0.6) is 0 Å². The van der Waals surface area contributed by atoms with Gasteiger partial charge in [0.2, 0.25) is 0 Å². The van der Waals surface area contributed by atoms with Crippen LogP contribution in [-0.4, -0.2) is 33.3 Å². The molecule has 0 bridgehead atoms. The van der Waals surface area contributed by atoms with Crippen molar-refractivity contribution in [3.05, 3.63) is 45.5 Å². The van der Waals surface area contributed by atoms with Crippen molar-refractivity contribution < 1.29 is 4.79 Å². The van der Waals surface area contributed by atoms with E-state index in [-0.39, 0.29) is 11.3 Å². The molecule has 3 aromatic heterocycles. The van der Waals surface area contributed by atoms with E-state index in [1.807, 2.05) is 29.3 Å². The number of nitrogens with zero attached hydrogens (tertiary/aromatic N) is 3. The number of carbonyl (C=O) groups excluding carboxylic acids is 1. The number of aryl methyl sites for hydroxylation is 1. The molecule has 4 nitrogen and oxygen atoms in total. The summed E-state index contributed by atoms with van der Waals surface area (Å²) in [5.41, 5.74) is 1.07. The first-order valence-corrected chi connectivity index (χ1v) is 9.60. The Balaban J connectivity index is 1.68. The van der Waals surface area contributed by atoms with Crippen molar-refractivity contribution in [2.75, 3.05) is 13.1 Å². The van der Waals surface area contributed by atoms with Gasteiger partial charge in [0.25, 0.3) is 5.91 Å². The Kier molecular flexibility index (Phi) is 3.54. The molecule has 6 heteroatoms. The number of imidazole rings is 1. The highest BCUT2D eigenvalue weighted by atomic mass is 32.1. The summed E-state index contributed by atoms with van der Waals surface area (Å²) in [5.74, 6) is 1.18. The molecule has 0 saturated carbocycles. The third-order valence-electron chi connectivity index (χ3n) is 4.72. The van der Waals surface area contributed by atoms with Gasteiger partial charge < -0.3 is 4.90 Å².